The summed E-state index contributed by atoms with van der Waals surface area (Å²) in [6, 6.07) is 22.1. The van der Waals surface area contributed by atoms with Crippen molar-refractivity contribution in [3.8, 4) is 22.5 Å². The van der Waals surface area contributed by atoms with Crippen LogP contribution in [-0.4, -0.2) is 26.6 Å². The maximum absolute atomic E-state index is 13.8. The number of aliphatic hydroxyl groups excluding tert-OH is 1. The van der Waals surface area contributed by atoms with Gasteiger partial charge in [0, 0.05) is 11.6 Å². The van der Waals surface area contributed by atoms with Crippen LogP contribution in [0.1, 0.15) is 31.4 Å². The third-order valence-electron chi connectivity index (χ3n) is 6.07. The lowest BCUT2D eigenvalue weighted by Gasteiger charge is -2.20. The quantitative estimate of drug-likeness (QED) is 0.475. The highest BCUT2D eigenvalue weighted by molar-refractivity contribution is 5.87. The first kappa shape index (κ1) is 21.1. The van der Waals surface area contributed by atoms with E-state index in [9.17, 15) is 14.7 Å². The maximum Gasteiger partial charge on any atom is 0.262 e. The fraction of sp³-hybridized carbons (Fsp3) is 0.222. The molecular formula is C27H25N3O3. The Morgan fingerprint density at radius 3 is 2.48 bits per heavy atom. The lowest BCUT2D eigenvalue weighted by Crippen LogP contribution is -2.38. The van der Waals surface area contributed by atoms with Gasteiger partial charge in [0.15, 0.2) is 0 Å². The van der Waals surface area contributed by atoms with Crippen molar-refractivity contribution in [3.05, 3.63) is 88.7 Å². The van der Waals surface area contributed by atoms with Gasteiger partial charge in [-0.2, -0.15) is 0 Å². The normalized spacial score (nSPS) is 14.2. The molecule has 33 heavy (non-hydrogen) atoms. The van der Waals surface area contributed by atoms with Gasteiger partial charge < -0.3 is 10.4 Å². The van der Waals surface area contributed by atoms with E-state index < -0.39 is 6.04 Å². The van der Waals surface area contributed by atoms with Crippen molar-refractivity contribution in [2.75, 3.05) is 0 Å². The average Bonchev–Trinajstić information content (AvgIpc) is 3.68. The number of benzene rings is 3. The number of carbonyl (C=O) groups is 1. The number of aromatic nitrogens is 2. The first-order chi connectivity index (χ1) is 16.0. The minimum absolute atomic E-state index is 0.0517. The molecule has 166 valence electrons. The number of hydrogen-bond acceptors (Lipinski definition) is 4. The molecule has 4 aromatic rings. The first-order valence-corrected chi connectivity index (χ1v) is 11.2. The van der Waals surface area contributed by atoms with Gasteiger partial charge in [-0.1, -0.05) is 54.6 Å². The Hall–Kier alpha value is -3.77. The molecule has 1 amide bonds. The minimum Gasteiger partial charge on any atom is -0.392 e. The van der Waals surface area contributed by atoms with Gasteiger partial charge in [0.1, 0.15) is 11.9 Å². The van der Waals surface area contributed by atoms with Gasteiger partial charge in [0.2, 0.25) is 5.91 Å². The van der Waals surface area contributed by atoms with Crippen LogP contribution in [0.2, 0.25) is 0 Å². The van der Waals surface area contributed by atoms with Crippen LogP contribution in [0.5, 0.6) is 0 Å². The number of aliphatic hydroxyl groups is 1. The molecule has 6 heteroatoms. The second-order valence-corrected chi connectivity index (χ2v) is 8.53. The summed E-state index contributed by atoms with van der Waals surface area (Å²) in [5.41, 5.74) is 3.66. The zero-order valence-electron chi connectivity index (χ0n) is 18.4. The Morgan fingerprint density at radius 1 is 1.03 bits per heavy atom. The van der Waals surface area contributed by atoms with Gasteiger partial charge >= 0.3 is 0 Å². The first-order valence-electron chi connectivity index (χ1n) is 11.2. The van der Waals surface area contributed by atoms with E-state index in [2.05, 4.69) is 5.32 Å². The van der Waals surface area contributed by atoms with Crippen LogP contribution in [0, 0.1) is 0 Å². The third kappa shape index (κ3) is 4.17. The summed E-state index contributed by atoms with van der Waals surface area (Å²) >= 11 is 0. The summed E-state index contributed by atoms with van der Waals surface area (Å²) in [5, 5.41) is 12.9. The maximum atomic E-state index is 13.8. The number of rotatable bonds is 6. The molecule has 5 rings (SSSR count). The molecular weight excluding hydrogens is 414 g/mol. The molecule has 0 spiro atoms. The van der Waals surface area contributed by atoms with Crippen LogP contribution in [0.4, 0.5) is 0 Å². The zero-order chi connectivity index (χ0) is 22.9. The van der Waals surface area contributed by atoms with Crippen LogP contribution < -0.4 is 10.9 Å². The van der Waals surface area contributed by atoms with E-state index in [-0.39, 0.29) is 24.1 Å². The fourth-order valence-corrected chi connectivity index (χ4v) is 4.04. The van der Waals surface area contributed by atoms with Crippen molar-refractivity contribution >= 4 is 16.8 Å². The zero-order valence-corrected chi connectivity index (χ0v) is 18.4. The monoisotopic (exact) mass is 439 g/mol. The van der Waals surface area contributed by atoms with Gasteiger partial charge in [-0.25, -0.2) is 4.98 Å². The van der Waals surface area contributed by atoms with Gasteiger partial charge in [-0.05, 0) is 54.7 Å². The molecule has 0 saturated heterocycles. The molecule has 2 N–H and O–H groups in total. The molecule has 1 fully saturated rings. The minimum atomic E-state index is -0.702. The fourth-order valence-electron chi connectivity index (χ4n) is 4.04. The molecule has 6 nitrogen and oxygen atoms in total. The van der Waals surface area contributed by atoms with Crippen molar-refractivity contribution in [1.82, 2.24) is 14.9 Å². The van der Waals surface area contributed by atoms with Crippen molar-refractivity contribution in [2.45, 2.75) is 38.5 Å². The van der Waals surface area contributed by atoms with E-state index in [1.54, 1.807) is 6.92 Å². The molecule has 0 radical (unpaired) electrons. The Morgan fingerprint density at radius 2 is 1.76 bits per heavy atom. The van der Waals surface area contributed by atoms with Gasteiger partial charge in [-0.15, -0.1) is 0 Å². The number of carbonyl (C=O) groups excluding carboxylic acids is 1. The molecule has 0 bridgehead atoms. The Bertz CT molecular complexity index is 1390. The lowest BCUT2D eigenvalue weighted by atomic mass is 10.0. The Balaban J connectivity index is 1.69. The van der Waals surface area contributed by atoms with Crippen molar-refractivity contribution in [2.24, 2.45) is 0 Å². The highest BCUT2D eigenvalue weighted by Gasteiger charge is 2.28. The Kier molecular flexibility index (Phi) is 5.52. The van der Waals surface area contributed by atoms with Gasteiger partial charge in [-0.3, -0.25) is 14.2 Å². The molecule has 1 aromatic heterocycles. The van der Waals surface area contributed by atoms with Crippen LogP contribution in [0.3, 0.4) is 0 Å². The highest BCUT2D eigenvalue weighted by atomic mass is 16.3. The molecule has 1 aliphatic carbocycles. The lowest BCUT2D eigenvalue weighted by molar-refractivity contribution is -0.124. The summed E-state index contributed by atoms with van der Waals surface area (Å²) in [6.45, 7) is 1.69. The predicted molar refractivity (Wildman–Crippen MR) is 129 cm³/mol. The Labute approximate surface area is 191 Å². The average molecular weight is 440 g/mol. The smallest absolute Gasteiger partial charge is 0.262 e. The van der Waals surface area contributed by atoms with Crippen LogP contribution in [0.15, 0.2) is 77.6 Å². The molecule has 1 saturated carbocycles. The number of amides is 1. The van der Waals surface area contributed by atoms with E-state index in [1.807, 2.05) is 72.8 Å². The summed E-state index contributed by atoms with van der Waals surface area (Å²) < 4.78 is 1.50. The van der Waals surface area contributed by atoms with Gasteiger partial charge in [0.05, 0.1) is 17.5 Å². The van der Waals surface area contributed by atoms with Crippen molar-refractivity contribution < 1.29 is 9.90 Å². The van der Waals surface area contributed by atoms with Gasteiger partial charge in [0.25, 0.3) is 5.56 Å². The number of hydrogen-bond donors (Lipinski definition) is 2. The van der Waals surface area contributed by atoms with Crippen molar-refractivity contribution in [1.29, 1.82) is 0 Å². The van der Waals surface area contributed by atoms with E-state index >= 15 is 0 Å². The number of fused-ring (bicyclic) bond motifs is 1. The van der Waals surface area contributed by atoms with E-state index in [1.165, 1.54) is 4.57 Å². The molecule has 1 aliphatic rings. The van der Waals surface area contributed by atoms with Crippen molar-refractivity contribution in [3.63, 3.8) is 0 Å². The number of nitrogens with one attached hydrogen (secondary N) is 1. The summed E-state index contributed by atoms with van der Waals surface area (Å²) in [6.07, 6.45) is 1.95. The van der Waals surface area contributed by atoms with E-state index in [0.717, 1.165) is 35.1 Å². The summed E-state index contributed by atoms with van der Waals surface area (Å²) in [4.78, 5) is 31.5. The highest BCUT2D eigenvalue weighted by Crippen LogP contribution is 2.27. The molecule has 1 atom stereocenters. The molecule has 3 aromatic carbocycles. The third-order valence-corrected chi connectivity index (χ3v) is 6.07. The summed E-state index contributed by atoms with van der Waals surface area (Å²) in [5.74, 6) is 0.298. The molecule has 1 heterocycles. The standard InChI is InChI=1S/C27H25N3O3/c1-17(26(32)28-22-11-12-22)30-25(19-7-3-2-4-8-19)29-24-13-10-21(15-23(24)27(30)33)20-9-5-6-18(14-20)16-31/h2-10,13-15,17,22,31H,11-12,16H2,1H3,(H,28,32). The second-order valence-electron chi connectivity index (χ2n) is 8.53. The number of nitrogens with zero attached hydrogens (tertiary/aromatic N) is 2. The second kappa shape index (κ2) is 8.64. The van der Waals surface area contributed by atoms with E-state index in [0.29, 0.717) is 16.7 Å². The largest absolute Gasteiger partial charge is 0.392 e. The van der Waals surface area contributed by atoms with Crippen LogP contribution >= 0.6 is 0 Å². The predicted octanol–water partition coefficient (Wildman–Crippen LogP) is 4.06. The molecule has 1 unspecified atom stereocenters. The molecule has 0 aliphatic heterocycles. The SMILES string of the molecule is CC(C(=O)NC1CC1)n1c(-c2ccccc2)nc2ccc(-c3cccc(CO)c3)cc2c1=O. The van der Waals surface area contributed by atoms with Crippen LogP contribution in [0.25, 0.3) is 33.4 Å². The topological polar surface area (TPSA) is 84.2 Å². The van der Waals surface area contributed by atoms with E-state index in [4.69, 9.17) is 4.98 Å². The van der Waals surface area contributed by atoms with Crippen LogP contribution in [-0.2, 0) is 11.4 Å². The summed E-state index contributed by atoms with van der Waals surface area (Å²) in [7, 11) is 0.